The first-order valence-corrected chi connectivity index (χ1v) is 10.2. The number of fused-ring (bicyclic) bond motifs is 1. The quantitative estimate of drug-likeness (QED) is 0.705. The van der Waals surface area contributed by atoms with Crippen LogP contribution in [0.2, 0.25) is 0 Å². The van der Waals surface area contributed by atoms with E-state index in [4.69, 9.17) is 9.72 Å². The van der Waals surface area contributed by atoms with E-state index in [0.29, 0.717) is 13.0 Å². The lowest BCUT2D eigenvalue weighted by atomic mass is 10.1. The molecule has 1 aliphatic heterocycles. The second kappa shape index (κ2) is 8.39. The van der Waals surface area contributed by atoms with Gasteiger partial charge in [0.1, 0.15) is 5.75 Å². The number of thiazole rings is 1. The molecule has 0 spiro atoms. The molecular formula is C21H23N3O2S. The van der Waals surface area contributed by atoms with Gasteiger partial charge in [0.05, 0.1) is 23.2 Å². The van der Waals surface area contributed by atoms with Crippen molar-refractivity contribution in [1.82, 2.24) is 10.3 Å². The first-order valence-electron chi connectivity index (χ1n) is 9.36. The van der Waals surface area contributed by atoms with Gasteiger partial charge in [-0.05, 0) is 37.1 Å². The van der Waals surface area contributed by atoms with Gasteiger partial charge in [-0.2, -0.15) is 0 Å². The molecule has 1 amide bonds. The maximum atomic E-state index is 12.3. The molecule has 4 rings (SSSR count). The molecule has 1 saturated heterocycles. The van der Waals surface area contributed by atoms with Crippen LogP contribution in [-0.4, -0.2) is 36.6 Å². The predicted octanol–water partition coefficient (Wildman–Crippen LogP) is 3.85. The minimum atomic E-state index is 0.0436. The zero-order chi connectivity index (χ0) is 18.5. The summed E-state index contributed by atoms with van der Waals surface area (Å²) < 4.78 is 6.82. The Labute approximate surface area is 163 Å². The Kier molecular flexibility index (Phi) is 5.53. The van der Waals surface area contributed by atoms with E-state index in [1.54, 1.807) is 11.3 Å². The summed E-state index contributed by atoms with van der Waals surface area (Å²) in [6.07, 6.45) is 2.43. The fourth-order valence-corrected chi connectivity index (χ4v) is 4.34. The molecule has 2 aromatic carbocycles. The van der Waals surface area contributed by atoms with Crippen LogP contribution in [0.4, 0.5) is 5.13 Å². The first-order chi connectivity index (χ1) is 13.3. The second-order valence-corrected chi connectivity index (χ2v) is 7.74. The molecule has 2 heterocycles. The predicted molar refractivity (Wildman–Crippen MR) is 110 cm³/mol. The van der Waals surface area contributed by atoms with Gasteiger partial charge in [-0.15, -0.1) is 0 Å². The molecule has 0 saturated carbocycles. The molecule has 27 heavy (non-hydrogen) atoms. The standard InChI is InChI=1S/C21H23N3O2S/c25-20(12-14-26-17-8-2-1-3-9-17)22-16-7-6-13-24(15-16)21-23-18-10-4-5-11-19(18)27-21/h1-5,8-11,16H,6-7,12-15H2,(H,22,25)/t16-/m0/s1. The van der Waals surface area contributed by atoms with E-state index in [0.717, 1.165) is 42.3 Å². The molecular weight excluding hydrogens is 358 g/mol. The Morgan fingerprint density at radius 3 is 2.85 bits per heavy atom. The summed E-state index contributed by atoms with van der Waals surface area (Å²) in [6.45, 7) is 2.19. The highest BCUT2D eigenvalue weighted by molar-refractivity contribution is 7.22. The van der Waals surface area contributed by atoms with Crippen LogP contribution in [0.1, 0.15) is 19.3 Å². The van der Waals surface area contributed by atoms with Crippen LogP contribution in [0.15, 0.2) is 54.6 Å². The molecule has 6 heteroatoms. The summed E-state index contributed by atoms with van der Waals surface area (Å²) in [4.78, 5) is 19.3. The Morgan fingerprint density at radius 2 is 2.00 bits per heavy atom. The molecule has 5 nitrogen and oxygen atoms in total. The van der Waals surface area contributed by atoms with Gasteiger partial charge in [-0.25, -0.2) is 4.98 Å². The first kappa shape index (κ1) is 17.8. The van der Waals surface area contributed by atoms with Gasteiger partial charge >= 0.3 is 0 Å². The summed E-state index contributed by atoms with van der Waals surface area (Å²) in [5.74, 6) is 0.840. The molecule has 0 radical (unpaired) electrons. The van der Waals surface area contributed by atoms with Crippen LogP contribution in [0, 0.1) is 0 Å². The summed E-state index contributed by atoms with van der Waals surface area (Å²) in [5, 5.41) is 4.20. The highest BCUT2D eigenvalue weighted by Gasteiger charge is 2.23. The number of carbonyl (C=O) groups is 1. The lowest BCUT2D eigenvalue weighted by Gasteiger charge is -2.32. The van der Waals surface area contributed by atoms with E-state index >= 15 is 0 Å². The van der Waals surface area contributed by atoms with Gasteiger partial charge < -0.3 is 15.0 Å². The van der Waals surface area contributed by atoms with Crippen molar-refractivity contribution in [2.24, 2.45) is 0 Å². The molecule has 1 N–H and O–H groups in total. The number of rotatable bonds is 6. The maximum Gasteiger partial charge on any atom is 0.223 e. The monoisotopic (exact) mass is 381 g/mol. The number of ether oxygens (including phenoxy) is 1. The zero-order valence-corrected chi connectivity index (χ0v) is 16.0. The van der Waals surface area contributed by atoms with E-state index in [1.165, 1.54) is 4.70 Å². The van der Waals surface area contributed by atoms with Gasteiger partial charge in [0.15, 0.2) is 5.13 Å². The zero-order valence-electron chi connectivity index (χ0n) is 15.1. The molecule has 0 unspecified atom stereocenters. The molecule has 1 atom stereocenters. The van der Waals surface area contributed by atoms with Crippen molar-refractivity contribution in [3.63, 3.8) is 0 Å². The Bertz CT molecular complexity index is 864. The minimum Gasteiger partial charge on any atom is -0.493 e. The number of carbonyl (C=O) groups excluding carboxylic acids is 1. The smallest absolute Gasteiger partial charge is 0.223 e. The average molecular weight is 382 g/mol. The Balaban J connectivity index is 1.28. The summed E-state index contributed by atoms with van der Waals surface area (Å²) in [6, 6.07) is 18.0. The van der Waals surface area contributed by atoms with Crippen molar-refractivity contribution in [2.45, 2.75) is 25.3 Å². The topological polar surface area (TPSA) is 54.5 Å². The van der Waals surface area contributed by atoms with Crippen molar-refractivity contribution in [3.8, 4) is 5.75 Å². The van der Waals surface area contributed by atoms with E-state index in [9.17, 15) is 4.79 Å². The van der Waals surface area contributed by atoms with Crippen molar-refractivity contribution in [3.05, 3.63) is 54.6 Å². The Hall–Kier alpha value is -2.60. The van der Waals surface area contributed by atoms with Gasteiger partial charge in [0.2, 0.25) is 5.91 Å². The summed E-state index contributed by atoms with van der Waals surface area (Å²) in [7, 11) is 0. The third-order valence-corrected chi connectivity index (χ3v) is 5.78. The van der Waals surface area contributed by atoms with Gasteiger partial charge in [0, 0.05) is 19.1 Å². The van der Waals surface area contributed by atoms with E-state index < -0.39 is 0 Å². The number of amides is 1. The van der Waals surface area contributed by atoms with Crippen molar-refractivity contribution in [2.75, 3.05) is 24.6 Å². The van der Waals surface area contributed by atoms with Crippen molar-refractivity contribution < 1.29 is 9.53 Å². The number of aromatic nitrogens is 1. The molecule has 1 fully saturated rings. The van der Waals surface area contributed by atoms with Gasteiger partial charge in [-0.3, -0.25) is 4.79 Å². The highest BCUT2D eigenvalue weighted by Crippen LogP contribution is 2.30. The number of nitrogens with zero attached hydrogens (tertiary/aromatic N) is 2. The number of para-hydroxylation sites is 2. The minimum absolute atomic E-state index is 0.0436. The molecule has 140 valence electrons. The fourth-order valence-electron chi connectivity index (χ4n) is 3.34. The molecule has 0 aliphatic carbocycles. The average Bonchev–Trinajstić information content (AvgIpc) is 3.13. The van der Waals surface area contributed by atoms with Crippen LogP contribution < -0.4 is 15.0 Å². The SMILES string of the molecule is O=C(CCOc1ccccc1)N[C@H]1CCCN(c2nc3ccccc3s2)C1. The molecule has 1 aromatic heterocycles. The third kappa shape index (κ3) is 4.57. The van der Waals surface area contributed by atoms with Crippen LogP contribution in [0.25, 0.3) is 10.2 Å². The molecule has 0 bridgehead atoms. The van der Waals surface area contributed by atoms with Gasteiger partial charge in [0.25, 0.3) is 0 Å². The lowest BCUT2D eigenvalue weighted by Crippen LogP contribution is -2.48. The molecule has 3 aromatic rings. The number of piperidine rings is 1. The fraction of sp³-hybridized carbons (Fsp3) is 0.333. The van der Waals surface area contributed by atoms with Gasteiger partial charge in [-0.1, -0.05) is 41.7 Å². The lowest BCUT2D eigenvalue weighted by molar-refractivity contribution is -0.122. The van der Waals surface area contributed by atoms with Crippen LogP contribution in [0.5, 0.6) is 5.75 Å². The van der Waals surface area contributed by atoms with E-state index in [1.807, 2.05) is 48.5 Å². The highest BCUT2D eigenvalue weighted by atomic mass is 32.1. The number of benzene rings is 2. The second-order valence-electron chi connectivity index (χ2n) is 6.73. The largest absolute Gasteiger partial charge is 0.493 e. The van der Waals surface area contributed by atoms with Crippen molar-refractivity contribution in [1.29, 1.82) is 0 Å². The maximum absolute atomic E-state index is 12.3. The number of hydrogen-bond donors (Lipinski definition) is 1. The number of anilines is 1. The third-order valence-electron chi connectivity index (χ3n) is 4.68. The van der Waals surface area contributed by atoms with Crippen molar-refractivity contribution >= 4 is 32.6 Å². The van der Waals surface area contributed by atoms with Crippen LogP contribution in [-0.2, 0) is 4.79 Å². The molecule has 1 aliphatic rings. The van der Waals surface area contributed by atoms with Crippen LogP contribution >= 0.6 is 11.3 Å². The number of nitrogens with one attached hydrogen (secondary N) is 1. The Morgan fingerprint density at radius 1 is 1.19 bits per heavy atom. The van der Waals surface area contributed by atoms with E-state index in [2.05, 4.69) is 16.3 Å². The summed E-state index contributed by atoms with van der Waals surface area (Å²) in [5.41, 5.74) is 1.04. The number of hydrogen-bond acceptors (Lipinski definition) is 5. The summed E-state index contributed by atoms with van der Waals surface area (Å²) >= 11 is 1.72. The van der Waals surface area contributed by atoms with Crippen LogP contribution in [0.3, 0.4) is 0 Å². The van der Waals surface area contributed by atoms with E-state index in [-0.39, 0.29) is 11.9 Å². The normalized spacial score (nSPS) is 17.0.